The van der Waals surface area contributed by atoms with Crippen LogP contribution in [-0.2, 0) is 13.0 Å². The molecular weight excluding hydrogens is 160 g/mol. The molecule has 0 atom stereocenters. The van der Waals surface area contributed by atoms with Gasteiger partial charge in [0.2, 0.25) is 0 Å². The molecular formula is C11H20N2. The number of imidazole rings is 1. The number of hydrogen-bond acceptors (Lipinski definition) is 1. The third kappa shape index (κ3) is 2.72. The first-order valence-electron chi connectivity index (χ1n) is 5.00. The molecule has 0 radical (unpaired) electrons. The summed E-state index contributed by atoms with van der Waals surface area (Å²) in [6.45, 7) is 12.9. The molecule has 0 aliphatic rings. The highest BCUT2D eigenvalue weighted by Gasteiger charge is 2.02. The summed E-state index contributed by atoms with van der Waals surface area (Å²) in [6, 6.07) is 0. The van der Waals surface area contributed by atoms with Crippen molar-refractivity contribution in [2.45, 2.75) is 40.7 Å². The molecule has 0 amide bonds. The van der Waals surface area contributed by atoms with Crippen LogP contribution in [0.5, 0.6) is 0 Å². The fourth-order valence-electron chi connectivity index (χ4n) is 1.24. The average molecular weight is 180 g/mol. The Morgan fingerprint density at radius 1 is 1.46 bits per heavy atom. The van der Waals surface area contributed by atoms with Gasteiger partial charge in [-0.3, -0.25) is 0 Å². The van der Waals surface area contributed by atoms with Gasteiger partial charge in [-0.1, -0.05) is 27.4 Å². The highest BCUT2D eigenvalue weighted by Crippen LogP contribution is 2.06. The van der Waals surface area contributed by atoms with Crippen molar-refractivity contribution in [1.82, 2.24) is 9.55 Å². The second-order valence-corrected chi connectivity index (χ2v) is 2.40. The van der Waals surface area contributed by atoms with E-state index < -0.39 is 0 Å². The standard InChI is InChI=1S/C9H14N2.C2H6/c1-4-8-7-10-9(5-2)11(8)6-3;1-2/h4,7H,1,5-6H2,2-3H3;1-2H3. The highest BCUT2D eigenvalue weighted by molar-refractivity contribution is 5.41. The maximum absolute atomic E-state index is 4.27. The second kappa shape index (κ2) is 6.46. The van der Waals surface area contributed by atoms with E-state index in [1.807, 2.05) is 26.1 Å². The van der Waals surface area contributed by atoms with Gasteiger partial charge < -0.3 is 4.57 Å². The summed E-state index contributed by atoms with van der Waals surface area (Å²) in [5.41, 5.74) is 1.12. The SMILES string of the molecule is C=Cc1cnc(CC)n1CC.CC. The van der Waals surface area contributed by atoms with E-state index in [2.05, 4.69) is 30.0 Å². The number of hydrogen-bond donors (Lipinski definition) is 0. The summed E-state index contributed by atoms with van der Waals surface area (Å²) in [7, 11) is 0. The number of aryl methyl sites for hydroxylation is 1. The van der Waals surface area contributed by atoms with Gasteiger partial charge in [0.05, 0.1) is 11.9 Å². The van der Waals surface area contributed by atoms with Crippen molar-refractivity contribution >= 4 is 6.08 Å². The minimum atomic E-state index is 0.977. The first-order valence-corrected chi connectivity index (χ1v) is 5.00. The summed E-state index contributed by atoms with van der Waals surface area (Å²) in [4.78, 5) is 4.27. The van der Waals surface area contributed by atoms with Crippen LogP contribution >= 0.6 is 0 Å². The molecule has 0 fully saturated rings. The van der Waals surface area contributed by atoms with E-state index >= 15 is 0 Å². The van der Waals surface area contributed by atoms with Gasteiger partial charge in [0.1, 0.15) is 5.82 Å². The predicted molar refractivity (Wildman–Crippen MR) is 58.7 cm³/mol. The Hall–Kier alpha value is -1.05. The monoisotopic (exact) mass is 180 g/mol. The van der Waals surface area contributed by atoms with Crippen LogP contribution in [0.1, 0.15) is 39.2 Å². The van der Waals surface area contributed by atoms with Crippen LogP contribution in [0.4, 0.5) is 0 Å². The molecule has 0 aliphatic heterocycles. The van der Waals surface area contributed by atoms with Gasteiger partial charge in [-0.05, 0) is 13.0 Å². The van der Waals surface area contributed by atoms with E-state index in [1.54, 1.807) is 0 Å². The molecule has 0 saturated heterocycles. The molecule has 1 aromatic heterocycles. The largest absolute Gasteiger partial charge is 0.329 e. The van der Waals surface area contributed by atoms with Gasteiger partial charge in [-0.15, -0.1) is 0 Å². The zero-order valence-electron chi connectivity index (χ0n) is 9.17. The molecule has 0 N–H and O–H groups in total. The van der Waals surface area contributed by atoms with Crippen LogP contribution in [-0.4, -0.2) is 9.55 Å². The number of rotatable bonds is 3. The van der Waals surface area contributed by atoms with E-state index in [0.717, 1.165) is 24.5 Å². The minimum Gasteiger partial charge on any atom is -0.329 e. The Morgan fingerprint density at radius 2 is 2.08 bits per heavy atom. The van der Waals surface area contributed by atoms with Gasteiger partial charge >= 0.3 is 0 Å². The third-order valence-corrected chi connectivity index (χ3v) is 1.81. The van der Waals surface area contributed by atoms with Gasteiger partial charge in [-0.2, -0.15) is 0 Å². The molecule has 0 saturated carbocycles. The quantitative estimate of drug-likeness (QED) is 0.698. The second-order valence-electron chi connectivity index (χ2n) is 2.40. The lowest BCUT2D eigenvalue weighted by atomic mass is 10.4. The minimum absolute atomic E-state index is 0.977. The summed E-state index contributed by atoms with van der Waals surface area (Å²) in [5, 5.41) is 0. The normalized spacial score (nSPS) is 8.92. The number of aromatic nitrogens is 2. The van der Waals surface area contributed by atoms with Crippen molar-refractivity contribution in [3.63, 3.8) is 0 Å². The smallest absolute Gasteiger partial charge is 0.108 e. The highest BCUT2D eigenvalue weighted by atomic mass is 15.1. The summed E-state index contributed by atoms with van der Waals surface area (Å²) < 4.78 is 2.17. The lowest BCUT2D eigenvalue weighted by Gasteiger charge is -2.03. The van der Waals surface area contributed by atoms with E-state index in [9.17, 15) is 0 Å². The Morgan fingerprint density at radius 3 is 2.46 bits per heavy atom. The lowest BCUT2D eigenvalue weighted by molar-refractivity contribution is 0.700. The molecule has 13 heavy (non-hydrogen) atoms. The van der Waals surface area contributed by atoms with Crippen LogP contribution in [0.25, 0.3) is 6.08 Å². The Bertz CT molecular complexity index is 249. The zero-order valence-corrected chi connectivity index (χ0v) is 9.17. The van der Waals surface area contributed by atoms with Crippen LogP contribution in [0.3, 0.4) is 0 Å². The maximum atomic E-state index is 4.27. The van der Waals surface area contributed by atoms with Gasteiger partial charge in [-0.25, -0.2) is 4.98 Å². The van der Waals surface area contributed by atoms with Crippen molar-refractivity contribution in [2.24, 2.45) is 0 Å². The Kier molecular flexibility index (Phi) is 5.94. The summed E-state index contributed by atoms with van der Waals surface area (Å²) >= 11 is 0. The van der Waals surface area contributed by atoms with E-state index in [0.29, 0.717) is 0 Å². The summed E-state index contributed by atoms with van der Waals surface area (Å²) in [6.07, 6.45) is 4.70. The average Bonchev–Trinajstić information content (AvgIpc) is 2.62. The topological polar surface area (TPSA) is 17.8 Å². The molecule has 2 nitrogen and oxygen atoms in total. The predicted octanol–water partition coefficient (Wildman–Crippen LogP) is 3.13. The molecule has 0 aliphatic carbocycles. The first kappa shape index (κ1) is 11.9. The van der Waals surface area contributed by atoms with Crippen LogP contribution in [0.2, 0.25) is 0 Å². The van der Waals surface area contributed by atoms with Gasteiger partial charge in [0.15, 0.2) is 0 Å². The van der Waals surface area contributed by atoms with E-state index in [-0.39, 0.29) is 0 Å². The summed E-state index contributed by atoms with van der Waals surface area (Å²) in [5.74, 6) is 1.14. The molecule has 1 rings (SSSR count). The Balaban J connectivity index is 0.000000671. The molecule has 1 aromatic rings. The molecule has 0 spiro atoms. The van der Waals surface area contributed by atoms with Crippen molar-refractivity contribution in [3.8, 4) is 0 Å². The fourth-order valence-corrected chi connectivity index (χ4v) is 1.24. The van der Waals surface area contributed by atoms with Crippen LogP contribution < -0.4 is 0 Å². The first-order chi connectivity index (χ1) is 6.33. The zero-order chi connectivity index (χ0) is 10.3. The molecule has 0 bridgehead atoms. The van der Waals surface area contributed by atoms with Crippen molar-refractivity contribution < 1.29 is 0 Å². The van der Waals surface area contributed by atoms with Gasteiger partial charge in [0, 0.05) is 13.0 Å². The fraction of sp³-hybridized carbons (Fsp3) is 0.545. The molecule has 2 heteroatoms. The van der Waals surface area contributed by atoms with Crippen molar-refractivity contribution in [1.29, 1.82) is 0 Å². The van der Waals surface area contributed by atoms with Gasteiger partial charge in [0.25, 0.3) is 0 Å². The van der Waals surface area contributed by atoms with E-state index in [4.69, 9.17) is 0 Å². The third-order valence-electron chi connectivity index (χ3n) is 1.81. The van der Waals surface area contributed by atoms with Crippen molar-refractivity contribution in [2.75, 3.05) is 0 Å². The number of nitrogens with zero attached hydrogens (tertiary/aromatic N) is 2. The molecule has 0 unspecified atom stereocenters. The van der Waals surface area contributed by atoms with E-state index in [1.165, 1.54) is 0 Å². The molecule has 74 valence electrons. The van der Waals surface area contributed by atoms with Crippen molar-refractivity contribution in [3.05, 3.63) is 24.3 Å². The Labute approximate surface area is 81.3 Å². The van der Waals surface area contributed by atoms with Crippen LogP contribution in [0.15, 0.2) is 12.8 Å². The lowest BCUT2D eigenvalue weighted by Crippen LogP contribution is -2.01. The van der Waals surface area contributed by atoms with Crippen LogP contribution in [0, 0.1) is 0 Å². The maximum Gasteiger partial charge on any atom is 0.108 e. The molecule has 0 aromatic carbocycles. The molecule has 1 heterocycles.